The van der Waals surface area contributed by atoms with Crippen molar-refractivity contribution in [2.24, 2.45) is 0 Å². The summed E-state index contributed by atoms with van der Waals surface area (Å²) >= 11 is 6.46. The van der Waals surface area contributed by atoms with Gasteiger partial charge in [-0.15, -0.1) is 0 Å². The minimum atomic E-state index is -3.81. The Morgan fingerprint density at radius 3 is 2.46 bits per heavy atom. The highest BCUT2D eigenvalue weighted by Gasteiger charge is 2.37. The monoisotopic (exact) mass is 522 g/mol. The third kappa shape index (κ3) is 6.38. The highest BCUT2D eigenvalue weighted by molar-refractivity contribution is 7.87. The summed E-state index contributed by atoms with van der Waals surface area (Å²) in [5.74, 6) is -1.78. The van der Waals surface area contributed by atoms with Crippen molar-refractivity contribution in [1.29, 1.82) is 0 Å². The smallest absolute Gasteiger partial charge is 0.280 e. The largest absolute Gasteiger partial charge is 0.351 e. The number of anilines is 1. The fourth-order valence-corrected chi connectivity index (χ4v) is 5.58. The second-order valence-electron chi connectivity index (χ2n) is 8.74. The quantitative estimate of drug-likeness (QED) is 0.494. The maximum absolute atomic E-state index is 14.2. The van der Waals surface area contributed by atoms with Crippen molar-refractivity contribution in [2.75, 3.05) is 24.5 Å². The SMILES string of the molecule is O=C(NC1CCCCC1)[C@H](c1ccccc1Cl)N(C(=O)CNS(=O)(=O)N1CC1)c1cccc(F)c1. The molecule has 0 unspecified atom stereocenters. The second-order valence-corrected chi connectivity index (χ2v) is 10.9. The van der Waals surface area contributed by atoms with Gasteiger partial charge in [0.1, 0.15) is 11.9 Å². The van der Waals surface area contributed by atoms with Crippen molar-refractivity contribution >= 4 is 39.3 Å². The molecule has 2 aromatic rings. The van der Waals surface area contributed by atoms with Crippen LogP contribution in [-0.4, -0.2) is 50.2 Å². The fourth-order valence-electron chi connectivity index (χ4n) is 4.30. The van der Waals surface area contributed by atoms with Crippen molar-refractivity contribution in [2.45, 2.75) is 44.2 Å². The summed E-state index contributed by atoms with van der Waals surface area (Å²) in [4.78, 5) is 28.3. The van der Waals surface area contributed by atoms with Gasteiger partial charge in [0.2, 0.25) is 11.8 Å². The summed E-state index contributed by atoms with van der Waals surface area (Å²) in [6.45, 7) is 0.152. The molecule has 1 atom stereocenters. The predicted molar refractivity (Wildman–Crippen MR) is 132 cm³/mol. The Balaban J connectivity index is 1.71. The molecule has 35 heavy (non-hydrogen) atoms. The van der Waals surface area contributed by atoms with Gasteiger partial charge in [-0.3, -0.25) is 14.5 Å². The van der Waals surface area contributed by atoms with Crippen molar-refractivity contribution in [3.63, 3.8) is 0 Å². The highest BCUT2D eigenvalue weighted by atomic mass is 35.5. The molecule has 1 aliphatic heterocycles. The molecule has 0 bridgehead atoms. The molecule has 2 aliphatic rings. The first kappa shape index (κ1) is 25.6. The zero-order chi connectivity index (χ0) is 25.0. The summed E-state index contributed by atoms with van der Waals surface area (Å²) in [5.41, 5.74) is 0.471. The maximum atomic E-state index is 14.2. The van der Waals surface area contributed by atoms with Crippen LogP contribution >= 0.6 is 11.6 Å². The van der Waals surface area contributed by atoms with E-state index in [-0.39, 0.29) is 16.8 Å². The Morgan fingerprint density at radius 2 is 1.80 bits per heavy atom. The van der Waals surface area contributed by atoms with Crippen molar-refractivity contribution in [3.8, 4) is 0 Å². The van der Waals surface area contributed by atoms with Gasteiger partial charge in [-0.25, -0.2) is 4.39 Å². The lowest BCUT2D eigenvalue weighted by molar-refractivity contribution is -0.127. The molecule has 1 saturated heterocycles. The lowest BCUT2D eigenvalue weighted by atomic mass is 9.94. The number of amides is 2. The second kappa shape index (κ2) is 11.0. The van der Waals surface area contributed by atoms with Crippen LogP contribution in [0.2, 0.25) is 5.02 Å². The van der Waals surface area contributed by atoms with E-state index in [1.165, 1.54) is 22.5 Å². The first-order valence-corrected chi connectivity index (χ1v) is 13.5. The molecular weight excluding hydrogens is 495 g/mol. The van der Waals surface area contributed by atoms with Crippen LogP contribution in [0, 0.1) is 5.82 Å². The first-order chi connectivity index (χ1) is 16.8. The van der Waals surface area contributed by atoms with Gasteiger partial charge in [-0.2, -0.15) is 17.4 Å². The van der Waals surface area contributed by atoms with E-state index in [0.29, 0.717) is 18.7 Å². The van der Waals surface area contributed by atoms with E-state index in [2.05, 4.69) is 10.0 Å². The lowest BCUT2D eigenvalue weighted by Crippen LogP contribution is -2.50. The molecular formula is C24H28ClFN4O4S. The zero-order valence-electron chi connectivity index (χ0n) is 19.1. The van der Waals surface area contributed by atoms with Gasteiger partial charge in [0.15, 0.2) is 0 Å². The molecule has 2 amide bonds. The van der Waals surface area contributed by atoms with E-state index in [9.17, 15) is 22.4 Å². The van der Waals surface area contributed by atoms with Gasteiger partial charge in [0, 0.05) is 35.4 Å². The van der Waals surface area contributed by atoms with Crippen LogP contribution in [0.15, 0.2) is 48.5 Å². The molecule has 4 rings (SSSR count). The number of hydrogen-bond acceptors (Lipinski definition) is 4. The summed E-state index contributed by atoms with van der Waals surface area (Å²) < 4.78 is 42.2. The Hall–Kier alpha value is -2.53. The van der Waals surface area contributed by atoms with E-state index in [1.54, 1.807) is 24.3 Å². The van der Waals surface area contributed by atoms with Gasteiger partial charge in [-0.05, 0) is 37.1 Å². The molecule has 11 heteroatoms. The summed E-state index contributed by atoms with van der Waals surface area (Å²) in [6.07, 6.45) is 4.74. The highest BCUT2D eigenvalue weighted by Crippen LogP contribution is 2.33. The summed E-state index contributed by atoms with van der Waals surface area (Å²) in [7, 11) is -3.81. The molecule has 188 valence electrons. The molecule has 1 saturated carbocycles. The third-order valence-corrected chi connectivity index (χ3v) is 8.06. The average Bonchev–Trinajstić information content (AvgIpc) is 3.69. The summed E-state index contributed by atoms with van der Waals surface area (Å²) in [6, 6.07) is 10.6. The van der Waals surface area contributed by atoms with Crippen LogP contribution in [-0.2, 0) is 19.8 Å². The minimum absolute atomic E-state index is 0.0492. The minimum Gasteiger partial charge on any atom is -0.351 e. The third-order valence-electron chi connectivity index (χ3n) is 6.16. The number of carbonyl (C=O) groups excluding carboxylic acids is 2. The van der Waals surface area contributed by atoms with Crippen LogP contribution in [0.4, 0.5) is 10.1 Å². The Morgan fingerprint density at radius 1 is 1.09 bits per heavy atom. The first-order valence-electron chi connectivity index (χ1n) is 11.6. The van der Waals surface area contributed by atoms with Gasteiger partial charge in [0.25, 0.3) is 10.2 Å². The van der Waals surface area contributed by atoms with Crippen molar-refractivity contribution in [1.82, 2.24) is 14.3 Å². The van der Waals surface area contributed by atoms with Crippen molar-refractivity contribution in [3.05, 3.63) is 64.9 Å². The number of halogens is 2. The average molecular weight is 523 g/mol. The molecule has 0 aromatic heterocycles. The van der Waals surface area contributed by atoms with E-state index >= 15 is 0 Å². The summed E-state index contributed by atoms with van der Waals surface area (Å²) in [5, 5.41) is 3.29. The van der Waals surface area contributed by atoms with Gasteiger partial charge in [0.05, 0.1) is 6.54 Å². The standard InChI is InChI=1S/C24H28ClFN4O4S/c25-21-12-5-4-11-20(21)23(24(32)28-18-8-2-1-3-9-18)30(19-10-6-7-17(26)15-19)22(31)16-27-35(33,34)29-13-14-29/h4-7,10-12,15,18,23,27H,1-3,8-9,13-14,16H2,(H,28,32)/t23-/m0/s1. The molecule has 2 N–H and O–H groups in total. The fraction of sp³-hybridized carbons (Fsp3) is 0.417. The van der Waals surface area contributed by atoms with Gasteiger partial charge < -0.3 is 5.32 Å². The molecule has 2 aromatic carbocycles. The van der Waals surface area contributed by atoms with Crippen LogP contribution < -0.4 is 14.9 Å². The van der Waals surface area contributed by atoms with E-state index in [0.717, 1.165) is 43.1 Å². The lowest BCUT2D eigenvalue weighted by Gasteiger charge is -2.34. The van der Waals surface area contributed by atoms with Gasteiger partial charge >= 0.3 is 0 Å². The number of hydrogen-bond donors (Lipinski definition) is 2. The topological polar surface area (TPSA) is 98.6 Å². The molecule has 2 fully saturated rings. The van der Waals surface area contributed by atoms with E-state index < -0.39 is 40.4 Å². The number of carbonyl (C=O) groups is 2. The maximum Gasteiger partial charge on any atom is 0.280 e. The predicted octanol–water partition coefficient (Wildman–Crippen LogP) is 3.15. The van der Waals surface area contributed by atoms with Crippen LogP contribution in [0.25, 0.3) is 0 Å². The molecule has 0 spiro atoms. The Bertz CT molecular complexity index is 1190. The molecule has 8 nitrogen and oxygen atoms in total. The molecule has 1 heterocycles. The number of nitrogens with one attached hydrogen (secondary N) is 2. The van der Waals surface area contributed by atoms with Gasteiger partial charge in [-0.1, -0.05) is 55.1 Å². The molecule has 1 aliphatic carbocycles. The van der Waals surface area contributed by atoms with Crippen molar-refractivity contribution < 1.29 is 22.4 Å². The Labute approximate surface area is 209 Å². The number of benzene rings is 2. The normalized spacial score (nSPS) is 17.5. The van der Waals surface area contributed by atoms with E-state index in [4.69, 9.17) is 11.6 Å². The van der Waals surface area contributed by atoms with Crippen LogP contribution in [0.1, 0.15) is 43.7 Å². The Kier molecular flexibility index (Phi) is 8.05. The zero-order valence-corrected chi connectivity index (χ0v) is 20.7. The number of rotatable bonds is 9. The number of nitrogens with zero attached hydrogens (tertiary/aromatic N) is 2. The van der Waals surface area contributed by atoms with Crippen LogP contribution in [0.3, 0.4) is 0 Å². The molecule has 0 radical (unpaired) electrons. The van der Waals surface area contributed by atoms with Crippen LogP contribution in [0.5, 0.6) is 0 Å². The van der Waals surface area contributed by atoms with E-state index in [1.807, 2.05) is 0 Å².